The molecule has 0 fully saturated rings. The highest BCUT2D eigenvalue weighted by molar-refractivity contribution is 6.30. The second kappa shape index (κ2) is 8.10. The van der Waals surface area contributed by atoms with Crippen molar-refractivity contribution in [2.45, 2.75) is 6.54 Å². The number of benzene rings is 2. The first kappa shape index (κ1) is 17.4. The predicted octanol–water partition coefficient (Wildman–Crippen LogP) is 3.87. The molecule has 0 aliphatic carbocycles. The lowest BCUT2D eigenvalue weighted by Crippen LogP contribution is -2.16. The summed E-state index contributed by atoms with van der Waals surface area (Å²) in [6, 6.07) is 17.7. The summed E-state index contributed by atoms with van der Waals surface area (Å²) < 4.78 is 0. The summed E-state index contributed by atoms with van der Waals surface area (Å²) >= 11 is 5.86. The van der Waals surface area contributed by atoms with Gasteiger partial charge in [0.2, 0.25) is 5.95 Å². The first-order valence-corrected chi connectivity index (χ1v) is 8.15. The van der Waals surface area contributed by atoms with E-state index >= 15 is 0 Å². The molecule has 3 rings (SSSR count). The van der Waals surface area contributed by atoms with Gasteiger partial charge in [-0.2, -0.15) is 5.26 Å². The van der Waals surface area contributed by atoms with Crippen molar-refractivity contribution >= 4 is 29.1 Å². The van der Waals surface area contributed by atoms with Gasteiger partial charge in [-0.05, 0) is 35.9 Å². The highest BCUT2D eigenvalue weighted by Gasteiger charge is 2.11. The van der Waals surface area contributed by atoms with Gasteiger partial charge in [0, 0.05) is 17.8 Å². The fourth-order valence-corrected chi connectivity index (χ4v) is 2.36. The standard InChI is InChI=1S/C19H14ClN5O/c20-15-7-5-13(6-8-15)12-23-19-22-10-9-17(25-19)18(26)24-16-4-2-1-3-14(16)11-21/h1-10H,12H2,(H,24,26)(H,22,23,25). The molecular formula is C19H14ClN5O. The lowest BCUT2D eigenvalue weighted by molar-refractivity contribution is 0.102. The van der Waals surface area contributed by atoms with Crippen molar-refractivity contribution in [2.24, 2.45) is 0 Å². The predicted molar refractivity (Wildman–Crippen MR) is 99.9 cm³/mol. The Labute approximate surface area is 155 Å². The summed E-state index contributed by atoms with van der Waals surface area (Å²) in [6.45, 7) is 0.500. The molecule has 0 atom stereocenters. The number of nitrogens with zero attached hydrogens (tertiary/aromatic N) is 3. The molecule has 2 N–H and O–H groups in total. The van der Waals surface area contributed by atoms with Gasteiger partial charge >= 0.3 is 0 Å². The molecule has 2 aromatic carbocycles. The Morgan fingerprint density at radius 3 is 2.65 bits per heavy atom. The topological polar surface area (TPSA) is 90.7 Å². The van der Waals surface area contributed by atoms with E-state index in [-0.39, 0.29) is 5.69 Å². The van der Waals surface area contributed by atoms with E-state index in [0.717, 1.165) is 5.56 Å². The zero-order valence-corrected chi connectivity index (χ0v) is 14.4. The number of amides is 1. The number of hydrogen-bond acceptors (Lipinski definition) is 5. The van der Waals surface area contributed by atoms with Gasteiger partial charge < -0.3 is 10.6 Å². The maximum Gasteiger partial charge on any atom is 0.274 e. The number of hydrogen-bond donors (Lipinski definition) is 2. The SMILES string of the molecule is N#Cc1ccccc1NC(=O)c1ccnc(NCc2ccc(Cl)cc2)n1. The number of nitrogens with one attached hydrogen (secondary N) is 2. The molecule has 1 amide bonds. The second-order valence-corrected chi connectivity index (χ2v) is 5.79. The molecule has 0 aliphatic heterocycles. The van der Waals surface area contributed by atoms with Crippen LogP contribution in [-0.2, 0) is 6.54 Å². The smallest absolute Gasteiger partial charge is 0.274 e. The van der Waals surface area contributed by atoms with E-state index in [4.69, 9.17) is 16.9 Å². The van der Waals surface area contributed by atoms with Crippen molar-refractivity contribution in [3.63, 3.8) is 0 Å². The number of anilines is 2. The van der Waals surface area contributed by atoms with Crippen molar-refractivity contribution in [1.82, 2.24) is 9.97 Å². The zero-order chi connectivity index (χ0) is 18.4. The van der Waals surface area contributed by atoms with Crippen LogP contribution in [0.3, 0.4) is 0 Å². The Morgan fingerprint density at radius 2 is 1.88 bits per heavy atom. The molecule has 3 aromatic rings. The molecular weight excluding hydrogens is 350 g/mol. The molecule has 0 aliphatic rings. The Balaban J connectivity index is 1.69. The van der Waals surface area contributed by atoms with Crippen molar-refractivity contribution in [2.75, 3.05) is 10.6 Å². The second-order valence-electron chi connectivity index (χ2n) is 5.36. The molecule has 0 unspecified atom stereocenters. The van der Waals surface area contributed by atoms with Gasteiger partial charge in [0.1, 0.15) is 11.8 Å². The van der Waals surface area contributed by atoms with Gasteiger partial charge in [-0.15, -0.1) is 0 Å². The van der Waals surface area contributed by atoms with Crippen molar-refractivity contribution in [1.29, 1.82) is 5.26 Å². The van der Waals surface area contributed by atoms with Gasteiger partial charge in [-0.25, -0.2) is 9.97 Å². The minimum absolute atomic E-state index is 0.200. The number of carbonyl (C=O) groups is 1. The lowest BCUT2D eigenvalue weighted by Gasteiger charge is -2.08. The summed E-state index contributed by atoms with van der Waals surface area (Å²) in [7, 11) is 0. The van der Waals surface area contributed by atoms with Crippen molar-refractivity contribution < 1.29 is 4.79 Å². The zero-order valence-electron chi connectivity index (χ0n) is 13.6. The first-order chi connectivity index (χ1) is 12.7. The molecule has 7 heteroatoms. The highest BCUT2D eigenvalue weighted by Crippen LogP contribution is 2.15. The largest absolute Gasteiger partial charge is 0.350 e. The minimum Gasteiger partial charge on any atom is -0.350 e. The van der Waals surface area contributed by atoms with Gasteiger partial charge in [0.15, 0.2) is 0 Å². The summed E-state index contributed by atoms with van der Waals surface area (Å²) in [5.74, 6) is -0.0780. The molecule has 1 heterocycles. The number of aromatic nitrogens is 2. The van der Waals surface area contributed by atoms with Crippen LogP contribution in [0.5, 0.6) is 0 Å². The molecule has 128 valence electrons. The maximum atomic E-state index is 12.4. The average Bonchev–Trinajstić information content (AvgIpc) is 2.68. The van der Waals surface area contributed by atoms with Gasteiger partial charge in [0.25, 0.3) is 5.91 Å². The van der Waals surface area contributed by atoms with Crippen LogP contribution in [0.1, 0.15) is 21.6 Å². The van der Waals surface area contributed by atoms with Crippen LogP contribution in [0.25, 0.3) is 0 Å². The molecule has 0 saturated carbocycles. The quantitative estimate of drug-likeness (QED) is 0.718. The van der Waals surface area contributed by atoms with Crippen molar-refractivity contribution in [3.05, 3.63) is 82.6 Å². The summed E-state index contributed by atoms with van der Waals surface area (Å²) in [5, 5.41) is 15.5. The Hall–Kier alpha value is -3.43. The molecule has 0 saturated heterocycles. The van der Waals surface area contributed by atoms with Gasteiger partial charge in [-0.3, -0.25) is 4.79 Å². The molecule has 6 nitrogen and oxygen atoms in total. The van der Waals surface area contributed by atoms with Crippen LogP contribution < -0.4 is 10.6 Å². The summed E-state index contributed by atoms with van der Waals surface area (Å²) in [4.78, 5) is 20.7. The maximum absolute atomic E-state index is 12.4. The van der Waals surface area contributed by atoms with Gasteiger partial charge in [0.05, 0.1) is 11.3 Å². The monoisotopic (exact) mass is 363 g/mol. The van der Waals surface area contributed by atoms with E-state index in [9.17, 15) is 4.79 Å². The minimum atomic E-state index is -0.412. The lowest BCUT2D eigenvalue weighted by atomic mass is 10.2. The van der Waals surface area contributed by atoms with E-state index < -0.39 is 5.91 Å². The van der Waals surface area contributed by atoms with Crippen LogP contribution in [0.2, 0.25) is 5.02 Å². The van der Waals surface area contributed by atoms with Gasteiger partial charge in [-0.1, -0.05) is 35.9 Å². The van der Waals surface area contributed by atoms with E-state index in [0.29, 0.717) is 28.8 Å². The molecule has 0 radical (unpaired) electrons. The van der Waals surface area contributed by atoms with Crippen LogP contribution in [0.4, 0.5) is 11.6 Å². The number of carbonyl (C=O) groups excluding carboxylic acids is 1. The fraction of sp³-hybridized carbons (Fsp3) is 0.0526. The first-order valence-electron chi connectivity index (χ1n) is 7.77. The third-order valence-corrected chi connectivity index (χ3v) is 3.80. The molecule has 0 spiro atoms. The highest BCUT2D eigenvalue weighted by atomic mass is 35.5. The number of nitriles is 1. The van der Waals surface area contributed by atoms with E-state index in [1.807, 2.05) is 18.2 Å². The Morgan fingerprint density at radius 1 is 1.12 bits per heavy atom. The molecule has 26 heavy (non-hydrogen) atoms. The normalized spacial score (nSPS) is 10.0. The Bertz CT molecular complexity index is 966. The number of halogens is 1. The molecule has 0 bridgehead atoms. The molecule has 1 aromatic heterocycles. The van der Waals surface area contributed by atoms with E-state index in [1.165, 1.54) is 12.3 Å². The average molecular weight is 364 g/mol. The van der Waals surface area contributed by atoms with Crippen LogP contribution >= 0.6 is 11.6 Å². The summed E-state index contributed by atoms with van der Waals surface area (Å²) in [5.41, 5.74) is 2.03. The van der Waals surface area contributed by atoms with E-state index in [1.54, 1.807) is 36.4 Å². The number of para-hydroxylation sites is 1. The number of rotatable bonds is 5. The third kappa shape index (κ3) is 4.35. The van der Waals surface area contributed by atoms with Crippen LogP contribution in [0, 0.1) is 11.3 Å². The Kier molecular flexibility index (Phi) is 5.42. The van der Waals surface area contributed by atoms with Crippen molar-refractivity contribution in [3.8, 4) is 6.07 Å². The summed E-state index contributed by atoms with van der Waals surface area (Å²) in [6.07, 6.45) is 1.50. The van der Waals surface area contributed by atoms with Crippen LogP contribution in [0.15, 0.2) is 60.8 Å². The van der Waals surface area contributed by atoms with Crippen LogP contribution in [-0.4, -0.2) is 15.9 Å². The third-order valence-electron chi connectivity index (χ3n) is 3.55. The van der Waals surface area contributed by atoms with E-state index in [2.05, 4.69) is 20.6 Å². The fourth-order valence-electron chi connectivity index (χ4n) is 2.23.